The summed E-state index contributed by atoms with van der Waals surface area (Å²) in [4.78, 5) is 25.2. The van der Waals surface area contributed by atoms with Crippen LogP contribution in [-0.4, -0.2) is 44.0 Å². The van der Waals surface area contributed by atoms with E-state index in [2.05, 4.69) is 46.0 Å². The second kappa shape index (κ2) is 5.76. The van der Waals surface area contributed by atoms with E-state index in [0.717, 1.165) is 6.42 Å². The summed E-state index contributed by atoms with van der Waals surface area (Å²) in [5.41, 5.74) is -2.08. The van der Waals surface area contributed by atoms with Gasteiger partial charge < -0.3 is 14.3 Å². The van der Waals surface area contributed by atoms with Gasteiger partial charge in [-0.05, 0) is 36.4 Å². The zero-order valence-corrected chi connectivity index (χ0v) is 17.0. The molecule has 0 aliphatic heterocycles. The number of rotatable bonds is 3. The number of ketones is 1. The van der Waals surface area contributed by atoms with Gasteiger partial charge in [0.1, 0.15) is 0 Å². The molecule has 5 nitrogen and oxygen atoms in total. The highest BCUT2D eigenvalue weighted by molar-refractivity contribution is 6.74. The van der Waals surface area contributed by atoms with Crippen LogP contribution in [-0.2, 0) is 18.8 Å². The summed E-state index contributed by atoms with van der Waals surface area (Å²) in [6, 6.07) is 0. The molecule has 0 aromatic carbocycles. The lowest BCUT2D eigenvalue weighted by Gasteiger charge is -2.48. The molecule has 0 spiro atoms. The number of carbonyl (C=O) groups excluding carboxylic acids is 2. The molecule has 2 bridgehead atoms. The fourth-order valence-corrected chi connectivity index (χ4v) is 5.92. The van der Waals surface area contributed by atoms with E-state index in [1.807, 2.05) is 0 Å². The van der Waals surface area contributed by atoms with Gasteiger partial charge in [-0.1, -0.05) is 32.9 Å². The zero-order chi connectivity index (χ0) is 18.8. The molecule has 6 atom stereocenters. The molecule has 140 valence electrons. The van der Waals surface area contributed by atoms with Crippen molar-refractivity contribution in [3.63, 3.8) is 0 Å². The van der Waals surface area contributed by atoms with Gasteiger partial charge in [-0.2, -0.15) is 0 Å². The molecule has 0 saturated heterocycles. The molecule has 25 heavy (non-hydrogen) atoms. The zero-order valence-electron chi connectivity index (χ0n) is 16.0. The number of carbonyl (C=O) groups is 2. The summed E-state index contributed by atoms with van der Waals surface area (Å²) >= 11 is 0. The predicted octanol–water partition coefficient (Wildman–Crippen LogP) is 2.69. The number of hydrogen-bond acceptors (Lipinski definition) is 5. The van der Waals surface area contributed by atoms with Crippen molar-refractivity contribution in [2.45, 2.75) is 63.5 Å². The topological polar surface area (TPSA) is 72.8 Å². The summed E-state index contributed by atoms with van der Waals surface area (Å²) in [5, 5.41) is 11.0. The van der Waals surface area contributed by atoms with Crippen molar-refractivity contribution in [1.29, 1.82) is 0 Å². The monoisotopic (exact) mass is 366 g/mol. The molecule has 3 aliphatic rings. The first-order chi connectivity index (χ1) is 11.4. The average molecular weight is 367 g/mol. The first-order valence-corrected chi connectivity index (χ1v) is 12.0. The standard InChI is InChI=1S/C19H30O5Si/c1-18(2,3)25(5,6)24-13-10-19(22,17(21)23-4)16(20)15-12-8-7-11(9-12)14(13)15/h7-8,11-15,22H,9-10H2,1-6H3/t11-,12+,13+,14+,15+,19+/m1/s1. The van der Waals surface area contributed by atoms with Crippen LogP contribution < -0.4 is 0 Å². The van der Waals surface area contributed by atoms with Gasteiger partial charge in [0.25, 0.3) is 0 Å². The molecule has 0 unspecified atom stereocenters. The molecule has 1 N–H and O–H groups in total. The third-order valence-corrected chi connectivity index (χ3v) is 11.4. The highest BCUT2D eigenvalue weighted by atomic mass is 28.4. The maximum atomic E-state index is 13.0. The van der Waals surface area contributed by atoms with Crippen LogP contribution in [0.1, 0.15) is 33.6 Å². The van der Waals surface area contributed by atoms with Gasteiger partial charge in [-0.25, -0.2) is 4.79 Å². The van der Waals surface area contributed by atoms with E-state index in [-0.39, 0.29) is 41.1 Å². The van der Waals surface area contributed by atoms with Crippen LogP contribution in [0.3, 0.4) is 0 Å². The molecule has 0 aromatic rings. The molecule has 3 aliphatic carbocycles. The Morgan fingerprint density at radius 3 is 2.44 bits per heavy atom. The molecule has 0 radical (unpaired) electrons. The minimum atomic E-state index is -2.11. The van der Waals surface area contributed by atoms with Crippen LogP contribution >= 0.6 is 0 Å². The van der Waals surface area contributed by atoms with Crippen molar-refractivity contribution in [1.82, 2.24) is 0 Å². The number of methoxy groups -OCH3 is 1. The van der Waals surface area contributed by atoms with E-state index in [0.29, 0.717) is 5.92 Å². The molecule has 3 rings (SSSR count). The van der Waals surface area contributed by atoms with Crippen molar-refractivity contribution in [3.05, 3.63) is 12.2 Å². The lowest BCUT2D eigenvalue weighted by atomic mass is 9.65. The van der Waals surface area contributed by atoms with Gasteiger partial charge in [0.15, 0.2) is 14.1 Å². The molecular weight excluding hydrogens is 336 g/mol. The molecular formula is C19H30O5Si. The van der Waals surface area contributed by atoms with Gasteiger partial charge in [-0.3, -0.25) is 4.79 Å². The average Bonchev–Trinajstić information content (AvgIpc) is 3.11. The van der Waals surface area contributed by atoms with E-state index in [1.165, 1.54) is 7.11 Å². The molecule has 6 heteroatoms. The van der Waals surface area contributed by atoms with Gasteiger partial charge >= 0.3 is 5.97 Å². The Morgan fingerprint density at radius 2 is 1.88 bits per heavy atom. The summed E-state index contributed by atoms with van der Waals surface area (Å²) in [6.07, 6.45) is 4.87. The van der Waals surface area contributed by atoms with Gasteiger partial charge in [-0.15, -0.1) is 0 Å². The molecule has 0 amide bonds. The van der Waals surface area contributed by atoms with Crippen molar-refractivity contribution >= 4 is 20.1 Å². The molecule has 0 heterocycles. The number of hydrogen-bond donors (Lipinski definition) is 1. The minimum Gasteiger partial charge on any atom is -0.467 e. The first kappa shape index (κ1) is 18.8. The van der Waals surface area contributed by atoms with E-state index >= 15 is 0 Å². The maximum absolute atomic E-state index is 13.0. The second-order valence-corrected chi connectivity index (χ2v) is 14.1. The smallest absolute Gasteiger partial charge is 0.345 e. The Hall–Kier alpha value is -0.983. The molecule has 2 saturated carbocycles. The van der Waals surface area contributed by atoms with Crippen LogP contribution in [0.2, 0.25) is 18.1 Å². The van der Waals surface area contributed by atoms with Crippen LogP contribution in [0.5, 0.6) is 0 Å². The fraction of sp³-hybridized carbons (Fsp3) is 0.789. The van der Waals surface area contributed by atoms with E-state index in [9.17, 15) is 14.7 Å². The Balaban J connectivity index is 1.98. The van der Waals surface area contributed by atoms with Crippen molar-refractivity contribution < 1.29 is 23.9 Å². The predicted molar refractivity (Wildman–Crippen MR) is 96.4 cm³/mol. The SMILES string of the molecule is COC(=O)[C@]1(O)C[C@H](O[Si](C)(C)C(C)(C)C)[C@H]2[C@@H](C1=O)[C@H]1C=C[C@@H]2C1. The van der Waals surface area contributed by atoms with Crippen LogP contribution in [0.25, 0.3) is 0 Å². The van der Waals surface area contributed by atoms with Crippen molar-refractivity contribution in [2.24, 2.45) is 23.7 Å². The molecule has 2 fully saturated rings. The summed E-state index contributed by atoms with van der Waals surface area (Å²) in [5.74, 6) is -1.12. The number of Topliss-reactive ketones (excluding diaryl/α,β-unsaturated/α-hetero) is 1. The van der Waals surface area contributed by atoms with Crippen LogP contribution in [0.4, 0.5) is 0 Å². The normalized spacial score (nSPS) is 40.3. The highest BCUT2D eigenvalue weighted by Crippen LogP contribution is 2.56. The van der Waals surface area contributed by atoms with E-state index in [1.54, 1.807) is 0 Å². The third kappa shape index (κ3) is 2.73. The first-order valence-electron chi connectivity index (χ1n) is 9.13. The van der Waals surface area contributed by atoms with Crippen LogP contribution in [0.15, 0.2) is 12.2 Å². The lowest BCUT2D eigenvalue weighted by Crippen LogP contribution is -2.62. The third-order valence-electron chi connectivity index (χ3n) is 6.93. The molecule has 0 aromatic heterocycles. The van der Waals surface area contributed by atoms with Crippen LogP contribution in [0, 0.1) is 23.7 Å². The largest absolute Gasteiger partial charge is 0.467 e. The van der Waals surface area contributed by atoms with Gasteiger partial charge in [0, 0.05) is 18.3 Å². The Labute approximate surface area is 150 Å². The van der Waals surface area contributed by atoms with Gasteiger partial charge in [0.05, 0.1) is 13.2 Å². The van der Waals surface area contributed by atoms with Gasteiger partial charge in [0.2, 0.25) is 5.60 Å². The highest BCUT2D eigenvalue weighted by Gasteiger charge is 2.64. The number of fused-ring (bicyclic) bond motifs is 5. The Kier molecular flexibility index (Phi) is 4.33. The second-order valence-electron chi connectivity index (χ2n) is 9.39. The summed E-state index contributed by atoms with van der Waals surface area (Å²) in [7, 11) is -0.895. The summed E-state index contributed by atoms with van der Waals surface area (Å²) < 4.78 is 11.4. The quantitative estimate of drug-likeness (QED) is 0.360. The van der Waals surface area contributed by atoms with Crippen molar-refractivity contribution in [3.8, 4) is 0 Å². The Bertz CT molecular complexity index is 620. The minimum absolute atomic E-state index is 0.00322. The van der Waals surface area contributed by atoms with Crippen molar-refractivity contribution in [2.75, 3.05) is 7.11 Å². The van der Waals surface area contributed by atoms with E-state index < -0.39 is 19.9 Å². The fourth-order valence-electron chi connectivity index (χ4n) is 4.57. The number of ether oxygens (including phenoxy) is 1. The Morgan fingerprint density at radius 1 is 1.28 bits per heavy atom. The lowest BCUT2D eigenvalue weighted by molar-refractivity contribution is -0.181. The van der Waals surface area contributed by atoms with E-state index in [4.69, 9.17) is 9.16 Å². The maximum Gasteiger partial charge on any atom is 0.345 e. The number of esters is 1. The number of allylic oxidation sites excluding steroid dienone is 2. The number of aliphatic hydroxyl groups is 1. The summed E-state index contributed by atoms with van der Waals surface area (Å²) in [6.45, 7) is 10.8.